The van der Waals surface area contributed by atoms with Crippen molar-refractivity contribution in [3.63, 3.8) is 0 Å². The Bertz CT molecular complexity index is 302. The van der Waals surface area contributed by atoms with E-state index in [1.165, 1.54) is 12.8 Å². The molecule has 0 amide bonds. The van der Waals surface area contributed by atoms with Crippen molar-refractivity contribution in [2.75, 3.05) is 13.7 Å². The van der Waals surface area contributed by atoms with Crippen LogP contribution < -0.4 is 10.1 Å². The lowest BCUT2D eigenvalue weighted by Gasteiger charge is -2.09. The highest BCUT2D eigenvalue weighted by Crippen LogP contribution is 2.22. The van der Waals surface area contributed by atoms with Crippen LogP contribution in [0.25, 0.3) is 0 Å². The number of ether oxygens (including phenoxy) is 1. The van der Waals surface area contributed by atoms with Crippen molar-refractivity contribution >= 4 is 11.6 Å². The molecule has 0 heterocycles. The summed E-state index contributed by atoms with van der Waals surface area (Å²) in [6.07, 6.45) is 2.41. The lowest BCUT2D eigenvalue weighted by atomic mass is 10.2. The van der Waals surface area contributed by atoms with E-state index in [9.17, 15) is 0 Å². The van der Waals surface area contributed by atoms with E-state index >= 15 is 0 Å². The first-order chi connectivity index (χ1) is 7.27. The summed E-state index contributed by atoms with van der Waals surface area (Å²) in [4.78, 5) is 0. The molecule has 0 atom stereocenters. The number of nitrogens with one attached hydrogen (secondary N) is 1. The summed E-state index contributed by atoms with van der Waals surface area (Å²) in [5.41, 5.74) is 1.11. The van der Waals surface area contributed by atoms with Gasteiger partial charge in [0.25, 0.3) is 0 Å². The van der Waals surface area contributed by atoms with Gasteiger partial charge < -0.3 is 10.1 Å². The number of methoxy groups -OCH3 is 1. The standard InChI is InChI=1S/C12H18ClNO/c1-3-4-7-14-9-10-8-11(13)5-6-12(10)15-2/h5-6,8,14H,3-4,7,9H2,1-2H3. The number of rotatable bonds is 6. The average Bonchev–Trinajstić information content (AvgIpc) is 2.25. The Hall–Kier alpha value is -0.730. The van der Waals surface area contributed by atoms with Crippen LogP contribution in [-0.4, -0.2) is 13.7 Å². The van der Waals surface area contributed by atoms with Gasteiger partial charge in [-0.3, -0.25) is 0 Å². The smallest absolute Gasteiger partial charge is 0.123 e. The molecule has 0 saturated carbocycles. The van der Waals surface area contributed by atoms with Crippen LogP contribution in [0.1, 0.15) is 25.3 Å². The molecule has 0 aromatic heterocycles. The molecule has 1 aromatic rings. The van der Waals surface area contributed by atoms with Gasteiger partial charge in [-0.1, -0.05) is 24.9 Å². The zero-order valence-corrected chi connectivity index (χ0v) is 10.1. The van der Waals surface area contributed by atoms with E-state index in [1.54, 1.807) is 7.11 Å². The fourth-order valence-corrected chi connectivity index (χ4v) is 1.60. The zero-order chi connectivity index (χ0) is 11.1. The Labute approximate surface area is 96.6 Å². The first kappa shape index (κ1) is 12.3. The Kier molecular flexibility index (Phi) is 5.51. The second kappa shape index (κ2) is 6.70. The summed E-state index contributed by atoms with van der Waals surface area (Å²) >= 11 is 5.93. The minimum Gasteiger partial charge on any atom is -0.496 e. The van der Waals surface area contributed by atoms with Gasteiger partial charge in [0.15, 0.2) is 0 Å². The Morgan fingerprint density at radius 2 is 2.20 bits per heavy atom. The van der Waals surface area contributed by atoms with Gasteiger partial charge in [0.05, 0.1) is 7.11 Å². The molecule has 0 saturated heterocycles. The van der Waals surface area contributed by atoms with Crippen molar-refractivity contribution < 1.29 is 4.74 Å². The van der Waals surface area contributed by atoms with E-state index in [0.717, 1.165) is 29.4 Å². The molecule has 15 heavy (non-hydrogen) atoms. The maximum atomic E-state index is 5.93. The van der Waals surface area contributed by atoms with Crippen molar-refractivity contribution in [2.45, 2.75) is 26.3 Å². The van der Waals surface area contributed by atoms with E-state index in [2.05, 4.69) is 12.2 Å². The lowest BCUT2D eigenvalue weighted by Crippen LogP contribution is -2.15. The van der Waals surface area contributed by atoms with Crippen LogP contribution >= 0.6 is 11.6 Å². The Morgan fingerprint density at radius 1 is 1.40 bits per heavy atom. The molecule has 84 valence electrons. The van der Waals surface area contributed by atoms with Crippen molar-refractivity contribution in [2.24, 2.45) is 0 Å². The molecule has 0 radical (unpaired) electrons. The SMILES string of the molecule is CCCCNCc1cc(Cl)ccc1OC. The van der Waals surface area contributed by atoms with Crippen LogP contribution in [0, 0.1) is 0 Å². The molecule has 0 bridgehead atoms. The zero-order valence-electron chi connectivity index (χ0n) is 9.35. The fourth-order valence-electron chi connectivity index (χ4n) is 1.41. The minimum atomic E-state index is 0.753. The van der Waals surface area contributed by atoms with Crippen LogP contribution in [0.3, 0.4) is 0 Å². The van der Waals surface area contributed by atoms with Crippen molar-refractivity contribution in [1.29, 1.82) is 0 Å². The normalized spacial score (nSPS) is 10.3. The summed E-state index contributed by atoms with van der Waals surface area (Å²) in [7, 11) is 1.68. The third-order valence-corrected chi connectivity index (χ3v) is 2.50. The van der Waals surface area contributed by atoms with Crippen molar-refractivity contribution in [3.8, 4) is 5.75 Å². The molecular weight excluding hydrogens is 210 g/mol. The minimum absolute atomic E-state index is 0.753. The molecule has 1 aromatic carbocycles. The second-order valence-electron chi connectivity index (χ2n) is 3.49. The number of halogens is 1. The molecule has 1 N–H and O–H groups in total. The van der Waals surface area contributed by atoms with Crippen molar-refractivity contribution in [1.82, 2.24) is 5.32 Å². The quantitative estimate of drug-likeness (QED) is 0.754. The van der Waals surface area contributed by atoms with Gasteiger partial charge in [0, 0.05) is 17.1 Å². The molecule has 0 aliphatic rings. The van der Waals surface area contributed by atoms with E-state index in [1.807, 2.05) is 18.2 Å². The predicted molar refractivity (Wildman–Crippen MR) is 64.6 cm³/mol. The van der Waals surface area contributed by atoms with Gasteiger partial charge in [-0.25, -0.2) is 0 Å². The highest BCUT2D eigenvalue weighted by atomic mass is 35.5. The maximum absolute atomic E-state index is 5.93. The fraction of sp³-hybridized carbons (Fsp3) is 0.500. The Morgan fingerprint density at radius 3 is 2.87 bits per heavy atom. The summed E-state index contributed by atoms with van der Waals surface area (Å²) in [6.45, 7) is 4.03. The number of benzene rings is 1. The highest BCUT2D eigenvalue weighted by Gasteiger charge is 2.02. The monoisotopic (exact) mass is 227 g/mol. The van der Waals surface area contributed by atoms with E-state index in [0.29, 0.717) is 0 Å². The summed E-state index contributed by atoms with van der Waals surface area (Å²) in [5.74, 6) is 0.892. The number of unbranched alkanes of at least 4 members (excludes halogenated alkanes) is 1. The van der Waals surface area contributed by atoms with Crippen LogP contribution in [0.15, 0.2) is 18.2 Å². The van der Waals surface area contributed by atoms with Crippen LogP contribution in [0.5, 0.6) is 5.75 Å². The Balaban J connectivity index is 2.54. The van der Waals surface area contributed by atoms with Gasteiger partial charge >= 0.3 is 0 Å². The molecule has 0 unspecified atom stereocenters. The molecule has 0 spiro atoms. The van der Waals surface area contributed by atoms with E-state index in [4.69, 9.17) is 16.3 Å². The van der Waals surface area contributed by atoms with Gasteiger partial charge in [0.2, 0.25) is 0 Å². The van der Waals surface area contributed by atoms with Gasteiger partial charge in [-0.15, -0.1) is 0 Å². The summed E-state index contributed by atoms with van der Waals surface area (Å²) < 4.78 is 5.26. The number of hydrogen-bond acceptors (Lipinski definition) is 2. The van der Waals surface area contributed by atoms with Crippen molar-refractivity contribution in [3.05, 3.63) is 28.8 Å². The first-order valence-corrected chi connectivity index (χ1v) is 5.69. The molecule has 0 fully saturated rings. The third-order valence-electron chi connectivity index (χ3n) is 2.27. The third kappa shape index (κ3) is 4.10. The topological polar surface area (TPSA) is 21.3 Å². The summed E-state index contributed by atoms with van der Waals surface area (Å²) in [6, 6.07) is 5.69. The van der Waals surface area contributed by atoms with Crippen LogP contribution in [0.2, 0.25) is 5.02 Å². The highest BCUT2D eigenvalue weighted by molar-refractivity contribution is 6.30. The van der Waals surface area contributed by atoms with Crippen LogP contribution in [-0.2, 0) is 6.54 Å². The second-order valence-corrected chi connectivity index (χ2v) is 3.92. The van der Waals surface area contributed by atoms with E-state index in [-0.39, 0.29) is 0 Å². The maximum Gasteiger partial charge on any atom is 0.123 e. The molecule has 1 rings (SSSR count). The molecule has 3 heteroatoms. The van der Waals surface area contributed by atoms with Gasteiger partial charge in [0.1, 0.15) is 5.75 Å². The van der Waals surface area contributed by atoms with Gasteiger partial charge in [-0.2, -0.15) is 0 Å². The lowest BCUT2D eigenvalue weighted by molar-refractivity contribution is 0.407. The molecule has 2 nitrogen and oxygen atoms in total. The largest absolute Gasteiger partial charge is 0.496 e. The van der Waals surface area contributed by atoms with Crippen LogP contribution in [0.4, 0.5) is 0 Å². The molecule has 0 aliphatic carbocycles. The molecule has 0 aliphatic heterocycles. The summed E-state index contributed by atoms with van der Waals surface area (Å²) in [5, 5.41) is 4.12. The number of hydrogen-bond donors (Lipinski definition) is 1. The predicted octanol–water partition coefficient (Wildman–Crippen LogP) is 3.24. The molecular formula is C12H18ClNO. The van der Waals surface area contributed by atoms with E-state index < -0.39 is 0 Å². The first-order valence-electron chi connectivity index (χ1n) is 5.31. The average molecular weight is 228 g/mol. The van der Waals surface area contributed by atoms with Gasteiger partial charge in [-0.05, 0) is 31.2 Å².